The highest BCUT2D eigenvalue weighted by molar-refractivity contribution is 7.89. The molecule has 7 heteroatoms. The van der Waals surface area contributed by atoms with E-state index >= 15 is 0 Å². The quantitative estimate of drug-likeness (QED) is 0.797. The minimum Gasteiger partial charge on any atom is -0.240 e. The highest BCUT2D eigenvalue weighted by Crippen LogP contribution is 2.21. The van der Waals surface area contributed by atoms with Crippen LogP contribution in [0.1, 0.15) is 10.6 Å². The Labute approximate surface area is 131 Å². The molecular formula is C15H11N3O2S2. The Hall–Kier alpha value is -2.27. The molecule has 22 heavy (non-hydrogen) atoms. The lowest BCUT2D eigenvalue weighted by molar-refractivity contribution is 0.581. The molecule has 0 unspecified atom stereocenters. The number of nitrogens with zero attached hydrogens (tertiary/aromatic N) is 2. The molecule has 1 aromatic heterocycles. The van der Waals surface area contributed by atoms with Gasteiger partial charge in [0.15, 0.2) is 0 Å². The molecule has 3 rings (SSSR count). The van der Waals surface area contributed by atoms with Crippen molar-refractivity contribution in [2.75, 3.05) is 0 Å². The van der Waals surface area contributed by atoms with Gasteiger partial charge < -0.3 is 0 Å². The number of nitriles is 1. The summed E-state index contributed by atoms with van der Waals surface area (Å²) >= 11 is 1.46. The van der Waals surface area contributed by atoms with E-state index in [9.17, 15) is 8.42 Å². The third-order valence-electron chi connectivity index (χ3n) is 3.05. The smallest absolute Gasteiger partial charge is 0.240 e. The number of aromatic nitrogens is 1. The van der Waals surface area contributed by atoms with Crippen LogP contribution in [0.25, 0.3) is 10.2 Å². The first-order chi connectivity index (χ1) is 10.6. The Kier molecular flexibility index (Phi) is 3.90. The normalized spacial score (nSPS) is 11.4. The highest BCUT2D eigenvalue weighted by atomic mass is 32.2. The van der Waals surface area contributed by atoms with Gasteiger partial charge >= 0.3 is 0 Å². The third kappa shape index (κ3) is 2.99. The highest BCUT2D eigenvalue weighted by Gasteiger charge is 2.14. The maximum Gasteiger partial charge on any atom is 0.240 e. The summed E-state index contributed by atoms with van der Waals surface area (Å²) < 4.78 is 28.0. The van der Waals surface area contributed by atoms with Gasteiger partial charge in [0.2, 0.25) is 10.0 Å². The largest absolute Gasteiger partial charge is 0.240 e. The second-order valence-corrected chi connectivity index (χ2v) is 7.42. The van der Waals surface area contributed by atoms with Crippen LogP contribution in [0.3, 0.4) is 0 Å². The first-order valence-corrected chi connectivity index (χ1v) is 8.73. The van der Waals surface area contributed by atoms with Gasteiger partial charge in [-0.25, -0.2) is 18.1 Å². The van der Waals surface area contributed by atoms with Gasteiger partial charge in [-0.15, -0.1) is 11.3 Å². The zero-order valence-electron chi connectivity index (χ0n) is 11.4. The molecule has 1 heterocycles. The SMILES string of the molecule is N#Cc1ccc(S(=O)(=O)NCc2nc3ccccc3s2)cc1. The van der Waals surface area contributed by atoms with Crippen molar-refractivity contribution in [3.05, 3.63) is 59.1 Å². The average molecular weight is 329 g/mol. The number of hydrogen-bond acceptors (Lipinski definition) is 5. The first kappa shape index (κ1) is 14.7. The first-order valence-electron chi connectivity index (χ1n) is 6.43. The van der Waals surface area contributed by atoms with Crippen molar-refractivity contribution in [2.24, 2.45) is 0 Å². The van der Waals surface area contributed by atoms with E-state index in [1.165, 1.54) is 35.6 Å². The number of rotatable bonds is 4. The van der Waals surface area contributed by atoms with Crippen molar-refractivity contribution in [3.63, 3.8) is 0 Å². The molecule has 0 aliphatic rings. The molecule has 0 aliphatic carbocycles. The summed E-state index contributed by atoms with van der Waals surface area (Å²) in [6.07, 6.45) is 0. The molecule has 5 nitrogen and oxygen atoms in total. The molecule has 0 saturated carbocycles. The molecule has 0 fully saturated rings. The van der Waals surface area contributed by atoms with Crippen molar-refractivity contribution in [1.82, 2.24) is 9.71 Å². The summed E-state index contributed by atoms with van der Waals surface area (Å²) in [5.74, 6) is 0. The van der Waals surface area contributed by atoms with Crippen LogP contribution in [-0.2, 0) is 16.6 Å². The van der Waals surface area contributed by atoms with Crippen molar-refractivity contribution >= 4 is 31.6 Å². The maximum atomic E-state index is 12.2. The van der Waals surface area contributed by atoms with Crippen LogP contribution < -0.4 is 4.72 Å². The summed E-state index contributed by atoms with van der Waals surface area (Å²) in [5.41, 5.74) is 1.28. The monoisotopic (exact) mass is 329 g/mol. The fourth-order valence-corrected chi connectivity index (χ4v) is 3.93. The van der Waals surface area contributed by atoms with Crippen molar-refractivity contribution in [2.45, 2.75) is 11.4 Å². The Balaban J connectivity index is 1.77. The van der Waals surface area contributed by atoms with Crippen LogP contribution in [0, 0.1) is 11.3 Å². The molecular weight excluding hydrogens is 318 g/mol. The molecule has 0 spiro atoms. The molecule has 0 aliphatic heterocycles. The van der Waals surface area contributed by atoms with Crippen molar-refractivity contribution < 1.29 is 8.42 Å². The molecule has 0 amide bonds. The number of hydrogen-bond donors (Lipinski definition) is 1. The van der Waals surface area contributed by atoms with E-state index in [4.69, 9.17) is 5.26 Å². The lowest BCUT2D eigenvalue weighted by atomic mass is 10.2. The predicted octanol–water partition coefficient (Wildman–Crippen LogP) is 2.65. The zero-order chi connectivity index (χ0) is 15.6. The lowest BCUT2D eigenvalue weighted by Gasteiger charge is -2.04. The van der Waals surface area contributed by atoms with Crippen molar-refractivity contribution in [3.8, 4) is 6.07 Å². The topological polar surface area (TPSA) is 82.8 Å². The number of nitrogens with one attached hydrogen (secondary N) is 1. The van der Waals surface area contributed by atoms with Gasteiger partial charge in [0.1, 0.15) is 5.01 Å². The molecule has 0 bridgehead atoms. The Morgan fingerprint density at radius 3 is 2.55 bits per heavy atom. The van der Waals surface area contributed by atoms with Crippen LogP contribution in [0.4, 0.5) is 0 Å². The van der Waals surface area contributed by atoms with Crippen LogP contribution in [0.15, 0.2) is 53.4 Å². The summed E-state index contributed by atoms with van der Waals surface area (Å²) in [6.45, 7) is 0.141. The van der Waals surface area contributed by atoms with E-state index in [0.29, 0.717) is 10.6 Å². The summed E-state index contributed by atoms with van der Waals surface area (Å²) in [6, 6.07) is 15.4. The fraction of sp³-hybridized carbons (Fsp3) is 0.0667. The molecule has 110 valence electrons. The van der Waals surface area contributed by atoms with Gasteiger partial charge in [0.05, 0.1) is 33.3 Å². The Morgan fingerprint density at radius 2 is 1.86 bits per heavy atom. The van der Waals surface area contributed by atoms with Crippen LogP contribution in [-0.4, -0.2) is 13.4 Å². The van der Waals surface area contributed by atoms with Crippen LogP contribution >= 0.6 is 11.3 Å². The summed E-state index contributed by atoms with van der Waals surface area (Å²) in [7, 11) is -3.61. The Morgan fingerprint density at radius 1 is 1.14 bits per heavy atom. The molecule has 2 aromatic carbocycles. The molecule has 0 saturated heterocycles. The zero-order valence-corrected chi connectivity index (χ0v) is 13.0. The lowest BCUT2D eigenvalue weighted by Crippen LogP contribution is -2.23. The number of benzene rings is 2. The summed E-state index contributed by atoms with van der Waals surface area (Å²) in [4.78, 5) is 4.52. The van der Waals surface area contributed by atoms with E-state index in [1.54, 1.807) is 0 Å². The van der Waals surface area contributed by atoms with E-state index in [0.717, 1.165) is 10.2 Å². The van der Waals surface area contributed by atoms with Crippen molar-refractivity contribution in [1.29, 1.82) is 5.26 Å². The van der Waals surface area contributed by atoms with Crippen LogP contribution in [0.2, 0.25) is 0 Å². The predicted molar refractivity (Wildman–Crippen MR) is 84.8 cm³/mol. The molecule has 0 atom stereocenters. The Bertz CT molecular complexity index is 921. The van der Waals surface area contributed by atoms with E-state index in [2.05, 4.69) is 9.71 Å². The minimum absolute atomic E-state index is 0.132. The second kappa shape index (κ2) is 5.85. The second-order valence-electron chi connectivity index (χ2n) is 4.54. The van der Waals surface area contributed by atoms with Gasteiger partial charge in [-0.05, 0) is 36.4 Å². The van der Waals surface area contributed by atoms with Crippen LogP contribution in [0.5, 0.6) is 0 Å². The maximum absolute atomic E-state index is 12.2. The van der Waals surface area contributed by atoms with Gasteiger partial charge in [-0.2, -0.15) is 5.26 Å². The van der Waals surface area contributed by atoms with Gasteiger partial charge in [-0.3, -0.25) is 0 Å². The number of sulfonamides is 1. The molecule has 0 radical (unpaired) electrons. The molecule has 1 N–H and O–H groups in total. The van der Waals surface area contributed by atoms with E-state index in [1.807, 2.05) is 30.3 Å². The number of para-hydroxylation sites is 1. The summed E-state index contributed by atoms with van der Waals surface area (Å²) in [5, 5.41) is 9.44. The molecule has 3 aromatic rings. The number of fused-ring (bicyclic) bond motifs is 1. The van der Waals surface area contributed by atoms with Gasteiger partial charge in [0, 0.05) is 0 Å². The number of thiazole rings is 1. The fourth-order valence-electron chi connectivity index (χ4n) is 1.94. The standard InChI is InChI=1S/C15H11N3O2S2/c16-9-11-5-7-12(8-6-11)22(19,20)17-10-15-18-13-3-1-2-4-14(13)21-15/h1-8,17H,10H2. The average Bonchev–Trinajstić information content (AvgIpc) is 2.96. The van der Waals surface area contributed by atoms with E-state index < -0.39 is 10.0 Å². The van der Waals surface area contributed by atoms with Gasteiger partial charge in [-0.1, -0.05) is 12.1 Å². The van der Waals surface area contributed by atoms with Gasteiger partial charge in [0.25, 0.3) is 0 Å². The third-order valence-corrected chi connectivity index (χ3v) is 5.50. The minimum atomic E-state index is -3.61. The van der Waals surface area contributed by atoms with E-state index in [-0.39, 0.29) is 11.4 Å².